The Morgan fingerprint density at radius 3 is 2.90 bits per heavy atom. The summed E-state index contributed by atoms with van der Waals surface area (Å²) in [6.07, 6.45) is 8.09. The molecule has 0 bridgehead atoms. The minimum absolute atomic E-state index is 0.204. The molecule has 154 valence electrons. The van der Waals surface area contributed by atoms with Crippen molar-refractivity contribution in [1.29, 1.82) is 0 Å². The van der Waals surface area contributed by atoms with Crippen molar-refractivity contribution in [1.82, 2.24) is 29.2 Å². The highest BCUT2D eigenvalue weighted by Crippen LogP contribution is 2.22. The molecule has 4 heterocycles. The maximum Gasteiger partial charge on any atom is 0.272 e. The van der Waals surface area contributed by atoms with Crippen LogP contribution in [-0.2, 0) is 17.7 Å². The number of aryl methyl sites for hydroxylation is 1. The van der Waals surface area contributed by atoms with Crippen LogP contribution in [-0.4, -0.2) is 50.1 Å². The molecule has 0 aromatic carbocycles. The van der Waals surface area contributed by atoms with Crippen LogP contribution < -0.4 is 5.32 Å². The number of ether oxygens (including phenoxy) is 1. The van der Waals surface area contributed by atoms with Crippen molar-refractivity contribution in [3.05, 3.63) is 72.2 Å². The highest BCUT2D eigenvalue weighted by Gasteiger charge is 2.20. The van der Waals surface area contributed by atoms with Gasteiger partial charge in [-0.25, -0.2) is 9.97 Å². The summed E-state index contributed by atoms with van der Waals surface area (Å²) in [5, 5.41) is 2.96. The highest BCUT2D eigenvalue weighted by molar-refractivity contribution is 5.99. The third-order valence-corrected chi connectivity index (χ3v) is 4.93. The number of amides is 1. The van der Waals surface area contributed by atoms with Gasteiger partial charge in [-0.1, -0.05) is 12.1 Å². The van der Waals surface area contributed by atoms with Gasteiger partial charge in [0.2, 0.25) is 0 Å². The predicted molar refractivity (Wildman–Crippen MR) is 113 cm³/mol. The lowest BCUT2D eigenvalue weighted by molar-refractivity contribution is 0.0951. The van der Waals surface area contributed by atoms with Crippen molar-refractivity contribution in [3.63, 3.8) is 0 Å². The predicted octanol–water partition coefficient (Wildman–Crippen LogP) is 2.52. The van der Waals surface area contributed by atoms with Crippen LogP contribution in [0.1, 0.15) is 21.9 Å². The number of hydrogen-bond donors (Lipinski definition) is 1. The van der Waals surface area contributed by atoms with E-state index in [1.807, 2.05) is 58.6 Å². The Labute approximate surface area is 174 Å². The van der Waals surface area contributed by atoms with E-state index in [0.717, 1.165) is 22.6 Å². The molecule has 4 rings (SSSR count). The summed E-state index contributed by atoms with van der Waals surface area (Å²) in [4.78, 5) is 26.3. The van der Waals surface area contributed by atoms with Crippen molar-refractivity contribution in [2.75, 3.05) is 20.3 Å². The van der Waals surface area contributed by atoms with E-state index >= 15 is 0 Å². The molecule has 0 spiro atoms. The van der Waals surface area contributed by atoms with Gasteiger partial charge in [0.05, 0.1) is 12.1 Å². The van der Waals surface area contributed by atoms with E-state index in [1.165, 1.54) is 0 Å². The molecule has 4 aromatic rings. The van der Waals surface area contributed by atoms with E-state index < -0.39 is 0 Å². The molecule has 0 fully saturated rings. The van der Waals surface area contributed by atoms with Crippen molar-refractivity contribution in [2.24, 2.45) is 0 Å². The van der Waals surface area contributed by atoms with Crippen LogP contribution in [0.15, 0.2) is 55.1 Å². The zero-order chi connectivity index (χ0) is 20.9. The molecule has 8 heteroatoms. The smallest absolute Gasteiger partial charge is 0.272 e. The van der Waals surface area contributed by atoms with Crippen LogP contribution in [0.25, 0.3) is 17.0 Å². The molecule has 1 amide bonds. The third kappa shape index (κ3) is 4.08. The molecule has 1 N–H and O–H groups in total. The minimum Gasteiger partial charge on any atom is -0.383 e. The molecule has 0 radical (unpaired) electrons. The summed E-state index contributed by atoms with van der Waals surface area (Å²) in [6.45, 7) is 3.77. The van der Waals surface area contributed by atoms with Gasteiger partial charge in [0.25, 0.3) is 5.91 Å². The Balaban J connectivity index is 1.58. The van der Waals surface area contributed by atoms with Gasteiger partial charge in [0.15, 0.2) is 11.5 Å². The van der Waals surface area contributed by atoms with Gasteiger partial charge < -0.3 is 14.6 Å². The molecule has 4 aromatic heterocycles. The van der Waals surface area contributed by atoms with E-state index in [2.05, 4.69) is 20.3 Å². The van der Waals surface area contributed by atoms with Crippen LogP contribution in [0, 0.1) is 6.92 Å². The first kappa shape index (κ1) is 19.8. The second-order valence-electron chi connectivity index (χ2n) is 6.97. The Kier molecular flexibility index (Phi) is 5.85. The Hall–Kier alpha value is -3.52. The summed E-state index contributed by atoms with van der Waals surface area (Å²) in [5.41, 5.74) is 2.93. The number of carbonyl (C=O) groups excluding carboxylic acids is 1. The van der Waals surface area contributed by atoms with Crippen molar-refractivity contribution in [2.45, 2.75) is 19.9 Å². The quantitative estimate of drug-likeness (QED) is 0.488. The number of pyridine rings is 2. The molecule has 0 aliphatic rings. The standard InChI is InChI=1S/C22H24N6O2/c1-16-25-18(15-27(16)12-13-30-2)21-26-20(19-7-3-4-11-28(19)21)22(29)24-10-8-17-6-5-9-23-14-17/h3-7,9,11,14-15H,8,10,12-13H2,1-2H3,(H,24,29). The molecular weight excluding hydrogens is 380 g/mol. The number of nitrogens with one attached hydrogen (secondary N) is 1. The van der Waals surface area contributed by atoms with Gasteiger partial charge in [0, 0.05) is 45.0 Å². The molecule has 0 unspecified atom stereocenters. The number of aromatic nitrogens is 5. The molecule has 0 saturated heterocycles. The molecule has 8 nitrogen and oxygen atoms in total. The third-order valence-electron chi connectivity index (χ3n) is 4.93. The fourth-order valence-corrected chi connectivity index (χ4v) is 3.37. The number of methoxy groups -OCH3 is 1. The maximum atomic E-state index is 12.9. The van der Waals surface area contributed by atoms with Crippen LogP contribution in [0.3, 0.4) is 0 Å². The van der Waals surface area contributed by atoms with Crippen molar-refractivity contribution >= 4 is 11.4 Å². The number of rotatable bonds is 8. The van der Waals surface area contributed by atoms with Crippen molar-refractivity contribution < 1.29 is 9.53 Å². The van der Waals surface area contributed by atoms with Crippen LogP contribution >= 0.6 is 0 Å². The fraction of sp³-hybridized carbons (Fsp3) is 0.273. The number of imidazole rings is 2. The molecule has 0 aliphatic carbocycles. The Morgan fingerprint density at radius 2 is 2.10 bits per heavy atom. The van der Waals surface area contributed by atoms with Crippen LogP contribution in [0.2, 0.25) is 0 Å². The van der Waals surface area contributed by atoms with Gasteiger partial charge in [0.1, 0.15) is 11.5 Å². The SMILES string of the molecule is COCCn1cc(-c2nc(C(=O)NCCc3cccnc3)c3ccccn23)nc1C. The topological polar surface area (TPSA) is 86.3 Å². The molecule has 0 aliphatic heterocycles. The zero-order valence-corrected chi connectivity index (χ0v) is 17.1. The van der Waals surface area contributed by atoms with Crippen LogP contribution in [0.4, 0.5) is 0 Å². The summed E-state index contributed by atoms with van der Waals surface area (Å²) in [7, 11) is 1.68. The van der Waals surface area contributed by atoms with Gasteiger partial charge in [-0.05, 0) is 37.1 Å². The van der Waals surface area contributed by atoms with E-state index in [1.54, 1.807) is 19.5 Å². The van der Waals surface area contributed by atoms with E-state index in [-0.39, 0.29) is 5.91 Å². The second kappa shape index (κ2) is 8.87. The summed E-state index contributed by atoms with van der Waals surface area (Å²) in [5.74, 6) is 1.31. The van der Waals surface area contributed by atoms with E-state index in [0.29, 0.717) is 37.6 Å². The first-order valence-corrected chi connectivity index (χ1v) is 9.84. The largest absolute Gasteiger partial charge is 0.383 e. The summed E-state index contributed by atoms with van der Waals surface area (Å²) >= 11 is 0. The average Bonchev–Trinajstić information content (AvgIpc) is 3.33. The Bertz CT molecular complexity index is 1150. The lowest BCUT2D eigenvalue weighted by Gasteiger charge is -2.03. The van der Waals surface area contributed by atoms with E-state index in [9.17, 15) is 4.79 Å². The number of nitrogens with zero attached hydrogens (tertiary/aromatic N) is 5. The monoisotopic (exact) mass is 404 g/mol. The lowest BCUT2D eigenvalue weighted by Crippen LogP contribution is -2.26. The lowest BCUT2D eigenvalue weighted by atomic mass is 10.2. The van der Waals surface area contributed by atoms with E-state index in [4.69, 9.17) is 4.74 Å². The highest BCUT2D eigenvalue weighted by atomic mass is 16.5. The van der Waals surface area contributed by atoms with Gasteiger partial charge in [-0.3, -0.25) is 14.2 Å². The van der Waals surface area contributed by atoms with Gasteiger partial charge in [-0.2, -0.15) is 0 Å². The number of carbonyl (C=O) groups is 1. The van der Waals surface area contributed by atoms with Crippen LogP contribution in [0.5, 0.6) is 0 Å². The number of fused-ring (bicyclic) bond motifs is 1. The summed E-state index contributed by atoms with van der Waals surface area (Å²) in [6, 6.07) is 9.58. The second-order valence-corrected chi connectivity index (χ2v) is 6.97. The summed E-state index contributed by atoms with van der Waals surface area (Å²) < 4.78 is 9.09. The fourth-order valence-electron chi connectivity index (χ4n) is 3.37. The van der Waals surface area contributed by atoms with Gasteiger partial charge in [-0.15, -0.1) is 0 Å². The molecular formula is C22H24N6O2. The molecule has 0 saturated carbocycles. The Morgan fingerprint density at radius 1 is 1.20 bits per heavy atom. The average molecular weight is 404 g/mol. The van der Waals surface area contributed by atoms with Crippen molar-refractivity contribution in [3.8, 4) is 11.5 Å². The normalized spacial score (nSPS) is 11.1. The first-order valence-electron chi connectivity index (χ1n) is 9.84. The first-order chi connectivity index (χ1) is 14.7. The number of hydrogen-bond acceptors (Lipinski definition) is 5. The molecule has 30 heavy (non-hydrogen) atoms. The molecule has 0 atom stereocenters. The minimum atomic E-state index is -0.204. The zero-order valence-electron chi connectivity index (χ0n) is 17.1. The maximum absolute atomic E-state index is 12.9. The van der Waals surface area contributed by atoms with Gasteiger partial charge >= 0.3 is 0 Å².